The lowest BCUT2D eigenvalue weighted by Gasteiger charge is -1.87. The van der Waals surface area contributed by atoms with E-state index in [0.29, 0.717) is 21.2 Å². The lowest BCUT2D eigenvalue weighted by molar-refractivity contribution is 0.111. The normalized spacial score (nSPS) is 9.78. The Morgan fingerprint density at radius 3 is 1.50 bits per heavy atom. The second-order valence-electron chi connectivity index (χ2n) is 3.28. The van der Waals surface area contributed by atoms with Crippen LogP contribution in [0.5, 0.6) is 0 Å². The lowest BCUT2D eigenvalue weighted by Crippen LogP contribution is -1.74. The van der Waals surface area contributed by atoms with Crippen molar-refractivity contribution in [3.05, 3.63) is 69.7 Å². The van der Waals surface area contributed by atoms with Crippen molar-refractivity contribution in [1.29, 1.82) is 0 Å². The van der Waals surface area contributed by atoms with Crippen molar-refractivity contribution in [3.8, 4) is 0 Å². The molecule has 0 aliphatic carbocycles. The number of rotatable bonds is 2. The molecular formula is C14H10Cl2O2. The fraction of sp³-hybridized carbons (Fsp3) is 0. The van der Waals surface area contributed by atoms with Gasteiger partial charge in [0.15, 0.2) is 0 Å². The van der Waals surface area contributed by atoms with E-state index in [9.17, 15) is 9.59 Å². The zero-order valence-corrected chi connectivity index (χ0v) is 10.8. The minimum atomic E-state index is -0.684. The van der Waals surface area contributed by atoms with Gasteiger partial charge in [-0.05, 0) is 24.3 Å². The van der Waals surface area contributed by atoms with Crippen LogP contribution in [0.2, 0.25) is 10.0 Å². The minimum absolute atomic E-state index is 0.365. The molecule has 0 aliphatic rings. The zero-order chi connectivity index (χ0) is 14.3. The molecule has 18 heavy (non-hydrogen) atoms. The van der Waals surface area contributed by atoms with E-state index in [1.54, 1.807) is 36.4 Å². The standard InChI is InChI=1S/2C7H5ClO/c2*8-7-3-1-6(5-9)2-4-7/h2*1-5H/i5D;. The predicted molar refractivity (Wildman–Crippen MR) is 73.7 cm³/mol. The van der Waals surface area contributed by atoms with Gasteiger partial charge in [-0.2, -0.15) is 0 Å². The second-order valence-corrected chi connectivity index (χ2v) is 4.15. The first-order chi connectivity index (χ1) is 9.02. The molecule has 0 bridgehead atoms. The summed E-state index contributed by atoms with van der Waals surface area (Å²) in [6.45, 7) is 0. The van der Waals surface area contributed by atoms with Gasteiger partial charge in [-0.1, -0.05) is 47.5 Å². The molecule has 0 fully saturated rings. The van der Waals surface area contributed by atoms with Crippen LogP contribution < -0.4 is 0 Å². The summed E-state index contributed by atoms with van der Waals surface area (Å²) in [5, 5.41) is 1.23. The van der Waals surface area contributed by atoms with Gasteiger partial charge >= 0.3 is 0 Å². The first-order valence-corrected chi connectivity index (χ1v) is 5.76. The van der Waals surface area contributed by atoms with Crippen LogP contribution in [0, 0.1) is 0 Å². The average Bonchev–Trinajstić information content (AvgIpc) is 2.41. The Kier molecular flexibility index (Phi) is 5.44. The van der Waals surface area contributed by atoms with Crippen molar-refractivity contribution < 1.29 is 11.0 Å². The third kappa shape index (κ3) is 5.13. The number of hydrogen-bond acceptors (Lipinski definition) is 2. The van der Waals surface area contributed by atoms with E-state index in [0.717, 1.165) is 6.29 Å². The summed E-state index contributed by atoms with van der Waals surface area (Å²) >= 11 is 11.1. The molecule has 0 aliphatic heterocycles. The van der Waals surface area contributed by atoms with E-state index in [1.807, 2.05) is 0 Å². The molecule has 0 saturated carbocycles. The molecule has 0 radical (unpaired) electrons. The van der Waals surface area contributed by atoms with Crippen LogP contribution in [-0.2, 0) is 0 Å². The van der Waals surface area contributed by atoms with E-state index >= 15 is 0 Å². The molecule has 2 aromatic rings. The van der Waals surface area contributed by atoms with Gasteiger partial charge in [-0.15, -0.1) is 0 Å². The largest absolute Gasteiger partial charge is 0.298 e. The Morgan fingerprint density at radius 2 is 1.17 bits per heavy atom. The number of carbonyl (C=O) groups excluding carboxylic acids is 2. The van der Waals surface area contributed by atoms with Crippen molar-refractivity contribution in [2.45, 2.75) is 0 Å². The monoisotopic (exact) mass is 281 g/mol. The Bertz CT molecular complexity index is 551. The van der Waals surface area contributed by atoms with Gasteiger partial charge < -0.3 is 0 Å². The maximum Gasteiger partial charge on any atom is 0.150 e. The van der Waals surface area contributed by atoms with Crippen LogP contribution in [0.25, 0.3) is 0 Å². The fourth-order valence-corrected chi connectivity index (χ4v) is 1.31. The van der Waals surface area contributed by atoms with Gasteiger partial charge in [0.05, 0.1) is 0 Å². The Balaban J connectivity index is 0.000000191. The van der Waals surface area contributed by atoms with Crippen molar-refractivity contribution in [2.75, 3.05) is 0 Å². The maximum atomic E-state index is 10.4. The molecule has 2 nitrogen and oxygen atoms in total. The Morgan fingerprint density at radius 1 is 0.778 bits per heavy atom. The van der Waals surface area contributed by atoms with Crippen LogP contribution in [0.4, 0.5) is 0 Å². The minimum Gasteiger partial charge on any atom is -0.298 e. The van der Waals surface area contributed by atoms with Crippen LogP contribution >= 0.6 is 23.2 Å². The topological polar surface area (TPSA) is 34.1 Å². The molecular weight excluding hydrogens is 271 g/mol. The quantitative estimate of drug-likeness (QED) is 0.769. The summed E-state index contributed by atoms with van der Waals surface area (Å²) < 4.78 is 6.71. The van der Waals surface area contributed by atoms with Crippen molar-refractivity contribution in [1.82, 2.24) is 0 Å². The molecule has 2 rings (SSSR count). The highest BCUT2D eigenvalue weighted by molar-refractivity contribution is 6.30. The van der Waals surface area contributed by atoms with Crippen molar-refractivity contribution in [2.24, 2.45) is 0 Å². The molecule has 2 aromatic carbocycles. The SMILES string of the molecule is O=Cc1ccc(Cl)cc1.[2H]C(=O)c1ccc(Cl)cc1. The summed E-state index contributed by atoms with van der Waals surface area (Å²) in [6.07, 6.45) is 0.104. The molecule has 0 unspecified atom stereocenters. The van der Waals surface area contributed by atoms with Gasteiger partial charge in [-0.3, -0.25) is 9.59 Å². The van der Waals surface area contributed by atoms with E-state index in [4.69, 9.17) is 24.6 Å². The van der Waals surface area contributed by atoms with Gasteiger partial charge in [0.2, 0.25) is 0 Å². The second kappa shape index (κ2) is 7.64. The number of carbonyl (C=O) groups is 2. The van der Waals surface area contributed by atoms with Gasteiger partial charge in [0, 0.05) is 21.2 Å². The smallest absolute Gasteiger partial charge is 0.150 e. The number of benzene rings is 2. The number of aldehydes is 2. The summed E-state index contributed by atoms with van der Waals surface area (Å²) in [5.74, 6) is 0. The van der Waals surface area contributed by atoms with E-state index in [2.05, 4.69) is 0 Å². The van der Waals surface area contributed by atoms with Gasteiger partial charge in [0.1, 0.15) is 13.9 Å². The van der Waals surface area contributed by atoms with Crippen LogP contribution in [-0.4, -0.2) is 12.5 Å². The van der Waals surface area contributed by atoms with Crippen molar-refractivity contribution in [3.63, 3.8) is 0 Å². The van der Waals surface area contributed by atoms with E-state index < -0.39 is 6.26 Å². The average molecular weight is 282 g/mol. The number of hydrogen-bond donors (Lipinski definition) is 0. The van der Waals surface area contributed by atoms with E-state index in [1.165, 1.54) is 12.1 Å². The first-order valence-electron chi connectivity index (χ1n) is 5.50. The molecule has 92 valence electrons. The third-order valence-corrected chi connectivity index (χ3v) is 2.47. The van der Waals surface area contributed by atoms with Crippen LogP contribution in [0.1, 0.15) is 22.1 Å². The first kappa shape index (κ1) is 12.8. The van der Waals surface area contributed by atoms with Gasteiger partial charge in [-0.25, -0.2) is 0 Å². The Labute approximate surface area is 117 Å². The molecule has 0 saturated heterocycles. The molecule has 0 N–H and O–H groups in total. The Hall–Kier alpha value is -1.64. The summed E-state index contributed by atoms with van der Waals surface area (Å²) in [7, 11) is 0. The molecule has 0 aromatic heterocycles. The van der Waals surface area contributed by atoms with Crippen molar-refractivity contribution >= 4 is 35.8 Å². The van der Waals surface area contributed by atoms with Crippen LogP contribution in [0.15, 0.2) is 48.5 Å². The molecule has 0 heterocycles. The fourth-order valence-electron chi connectivity index (χ4n) is 1.06. The zero-order valence-electron chi connectivity index (χ0n) is 10.3. The molecule has 0 spiro atoms. The highest BCUT2D eigenvalue weighted by Gasteiger charge is 1.87. The highest BCUT2D eigenvalue weighted by atomic mass is 35.5. The molecule has 4 heteroatoms. The highest BCUT2D eigenvalue weighted by Crippen LogP contribution is 2.07. The van der Waals surface area contributed by atoms with Crippen LogP contribution in [0.3, 0.4) is 0 Å². The lowest BCUT2D eigenvalue weighted by atomic mass is 10.2. The van der Waals surface area contributed by atoms with Gasteiger partial charge in [0.25, 0.3) is 0 Å². The summed E-state index contributed by atoms with van der Waals surface area (Å²) in [5.41, 5.74) is 1.02. The maximum absolute atomic E-state index is 10.4. The van der Waals surface area contributed by atoms with E-state index in [-0.39, 0.29) is 0 Å². The third-order valence-electron chi connectivity index (χ3n) is 1.97. The summed E-state index contributed by atoms with van der Waals surface area (Å²) in [6, 6.07) is 12.9. The summed E-state index contributed by atoms with van der Waals surface area (Å²) in [4.78, 5) is 20.5. The molecule has 0 amide bonds. The predicted octanol–water partition coefficient (Wildman–Crippen LogP) is 4.31. The number of halogens is 2. The molecule has 0 atom stereocenters.